The van der Waals surface area contributed by atoms with Crippen molar-refractivity contribution in [2.45, 2.75) is 6.04 Å². The van der Waals surface area contributed by atoms with Crippen LogP contribution in [0.1, 0.15) is 15.8 Å². The lowest BCUT2D eigenvalue weighted by atomic mass is 10.1. The Labute approximate surface area is 164 Å². The van der Waals surface area contributed by atoms with Gasteiger partial charge in [-0.2, -0.15) is 9.50 Å². The molecule has 1 aliphatic rings. The normalized spacial score (nSPS) is 17.7. The highest BCUT2D eigenvalue weighted by Gasteiger charge is 2.32. The number of likely N-dealkylation sites (N-methyl/N-ethyl adjacent to an activating group) is 1. The van der Waals surface area contributed by atoms with Crippen molar-refractivity contribution in [1.29, 1.82) is 0 Å². The first-order valence-corrected chi connectivity index (χ1v) is 10.5. The third-order valence-electron chi connectivity index (χ3n) is 4.91. The summed E-state index contributed by atoms with van der Waals surface area (Å²) in [7, 11) is 2.15. The first-order valence-electron chi connectivity index (χ1n) is 8.79. The molecule has 1 saturated heterocycles. The van der Waals surface area contributed by atoms with Crippen LogP contribution < -0.4 is 0 Å². The topological polar surface area (TPSA) is 70.0 Å². The second-order valence-corrected chi connectivity index (χ2v) is 8.64. The molecule has 1 aliphatic heterocycles. The van der Waals surface area contributed by atoms with E-state index in [1.165, 1.54) is 20.7 Å². The Kier molecular flexibility index (Phi) is 4.24. The summed E-state index contributed by atoms with van der Waals surface area (Å²) in [5.41, 5.74) is 0. The van der Waals surface area contributed by atoms with Crippen LogP contribution in [0.2, 0.25) is 0 Å². The van der Waals surface area contributed by atoms with Crippen LogP contribution in [0.3, 0.4) is 0 Å². The molecule has 0 saturated carbocycles. The highest BCUT2D eigenvalue weighted by molar-refractivity contribution is 7.17. The molecule has 140 valence electrons. The molecule has 5 heterocycles. The van der Waals surface area contributed by atoms with Gasteiger partial charge in [-0.1, -0.05) is 17.4 Å². The van der Waals surface area contributed by atoms with Gasteiger partial charge in [0.15, 0.2) is 5.76 Å². The lowest BCUT2D eigenvalue weighted by molar-refractivity contribution is 0.128. The van der Waals surface area contributed by atoms with E-state index >= 15 is 0 Å². The van der Waals surface area contributed by atoms with Crippen molar-refractivity contribution in [1.82, 2.24) is 24.4 Å². The Balaban J connectivity index is 1.56. The van der Waals surface area contributed by atoms with Crippen molar-refractivity contribution in [3.05, 3.63) is 45.7 Å². The van der Waals surface area contributed by atoms with Crippen LogP contribution in [-0.2, 0) is 0 Å². The number of furan rings is 1. The summed E-state index contributed by atoms with van der Waals surface area (Å²) in [5, 5.41) is 17.5. The van der Waals surface area contributed by atoms with E-state index in [1.54, 1.807) is 23.7 Å². The predicted molar refractivity (Wildman–Crippen MR) is 105 cm³/mol. The van der Waals surface area contributed by atoms with Gasteiger partial charge in [-0.3, -0.25) is 4.90 Å². The minimum absolute atomic E-state index is 0.0271. The summed E-state index contributed by atoms with van der Waals surface area (Å²) >= 11 is 3.21. The summed E-state index contributed by atoms with van der Waals surface area (Å²) in [6.45, 7) is 3.96. The van der Waals surface area contributed by atoms with Crippen molar-refractivity contribution >= 4 is 27.6 Å². The Morgan fingerprint density at radius 1 is 1.19 bits per heavy atom. The van der Waals surface area contributed by atoms with Crippen LogP contribution in [0, 0.1) is 0 Å². The summed E-state index contributed by atoms with van der Waals surface area (Å²) in [6, 6.07) is 7.84. The molecular weight excluding hydrogens is 382 g/mol. The molecule has 0 unspecified atom stereocenters. The minimum Gasteiger partial charge on any atom is -0.492 e. The Bertz CT molecular complexity index is 1030. The van der Waals surface area contributed by atoms with Gasteiger partial charge in [0, 0.05) is 31.1 Å². The summed E-state index contributed by atoms with van der Waals surface area (Å²) < 4.78 is 6.90. The van der Waals surface area contributed by atoms with Gasteiger partial charge in [-0.25, -0.2) is 0 Å². The molecule has 4 aromatic rings. The number of hydrogen-bond donors (Lipinski definition) is 1. The van der Waals surface area contributed by atoms with Gasteiger partial charge in [-0.15, -0.1) is 16.4 Å². The fraction of sp³-hybridized carbons (Fsp3) is 0.333. The van der Waals surface area contributed by atoms with Crippen LogP contribution in [-0.4, -0.2) is 62.7 Å². The van der Waals surface area contributed by atoms with Crippen molar-refractivity contribution in [3.63, 3.8) is 0 Å². The first kappa shape index (κ1) is 16.9. The molecule has 5 rings (SSSR count). The zero-order chi connectivity index (χ0) is 18.4. The van der Waals surface area contributed by atoms with Gasteiger partial charge in [0.25, 0.3) is 0 Å². The summed E-state index contributed by atoms with van der Waals surface area (Å²) in [6.07, 6.45) is 1.59. The van der Waals surface area contributed by atoms with Crippen molar-refractivity contribution < 1.29 is 9.52 Å². The molecule has 0 radical (unpaired) electrons. The van der Waals surface area contributed by atoms with Gasteiger partial charge < -0.3 is 14.4 Å². The number of rotatable bonds is 4. The molecule has 0 aliphatic carbocycles. The zero-order valence-corrected chi connectivity index (χ0v) is 16.4. The SMILES string of the molecule is CN1CCN([C@H](c2cccs2)c2sc3nc(-c4ccco4)nn3c2O)CC1. The molecule has 27 heavy (non-hydrogen) atoms. The standard InChI is InChI=1S/C18H19N5O2S2/c1-21-6-8-22(9-7-21)14(13-5-3-11-26-13)15-17(24)23-18(27-15)19-16(20-23)12-4-2-10-25-12/h2-5,10-11,14,24H,6-9H2,1H3/t14-/m1/s1. The Morgan fingerprint density at radius 2 is 2.04 bits per heavy atom. The molecule has 7 nitrogen and oxygen atoms in total. The number of thiazole rings is 1. The van der Waals surface area contributed by atoms with Gasteiger partial charge >= 0.3 is 0 Å². The van der Waals surface area contributed by atoms with Crippen molar-refractivity contribution in [2.75, 3.05) is 33.2 Å². The summed E-state index contributed by atoms with van der Waals surface area (Å²) in [4.78, 5) is 12.1. The van der Waals surface area contributed by atoms with E-state index in [9.17, 15) is 5.11 Å². The number of piperazine rings is 1. The van der Waals surface area contributed by atoms with Gasteiger partial charge in [-0.05, 0) is 30.6 Å². The van der Waals surface area contributed by atoms with E-state index in [1.807, 2.05) is 6.07 Å². The van der Waals surface area contributed by atoms with Crippen LogP contribution >= 0.6 is 22.7 Å². The lowest BCUT2D eigenvalue weighted by Crippen LogP contribution is -2.45. The van der Waals surface area contributed by atoms with Gasteiger partial charge in [0.2, 0.25) is 16.7 Å². The largest absolute Gasteiger partial charge is 0.492 e. The molecule has 0 aromatic carbocycles. The Hall–Kier alpha value is -2.20. The lowest BCUT2D eigenvalue weighted by Gasteiger charge is -2.37. The van der Waals surface area contributed by atoms with Gasteiger partial charge in [0.1, 0.15) is 0 Å². The number of fused-ring (bicyclic) bond motifs is 1. The fourth-order valence-electron chi connectivity index (χ4n) is 3.44. The molecule has 1 atom stereocenters. The quantitative estimate of drug-likeness (QED) is 0.566. The fourth-order valence-corrected chi connectivity index (χ4v) is 5.49. The maximum absolute atomic E-state index is 11.0. The van der Waals surface area contributed by atoms with Gasteiger partial charge in [0.05, 0.1) is 17.2 Å². The van der Waals surface area contributed by atoms with Crippen LogP contribution in [0.15, 0.2) is 40.3 Å². The third kappa shape index (κ3) is 2.96. The van der Waals surface area contributed by atoms with E-state index in [0.717, 1.165) is 31.1 Å². The molecule has 0 spiro atoms. The number of thiophene rings is 1. The minimum atomic E-state index is 0.0271. The number of hydrogen-bond acceptors (Lipinski definition) is 8. The number of aromatic nitrogens is 3. The molecule has 4 aromatic heterocycles. The number of aromatic hydroxyl groups is 1. The smallest absolute Gasteiger partial charge is 0.230 e. The van der Waals surface area contributed by atoms with E-state index in [2.05, 4.69) is 44.4 Å². The predicted octanol–water partition coefficient (Wildman–Crippen LogP) is 3.15. The van der Waals surface area contributed by atoms with Crippen molar-refractivity contribution in [2.24, 2.45) is 0 Å². The van der Waals surface area contributed by atoms with Crippen molar-refractivity contribution in [3.8, 4) is 17.5 Å². The maximum Gasteiger partial charge on any atom is 0.230 e. The summed E-state index contributed by atoms with van der Waals surface area (Å²) in [5.74, 6) is 1.25. The molecule has 0 amide bonds. The second-order valence-electron chi connectivity index (χ2n) is 6.65. The number of nitrogens with zero attached hydrogens (tertiary/aromatic N) is 5. The monoisotopic (exact) mass is 401 g/mol. The average molecular weight is 402 g/mol. The van der Waals surface area contributed by atoms with E-state index in [-0.39, 0.29) is 11.9 Å². The Morgan fingerprint density at radius 3 is 2.70 bits per heavy atom. The first-order chi connectivity index (χ1) is 13.2. The molecule has 9 heteroatoms. The highest BCUT2D eigenvalue weighted by Crippen LogP contribution is 2.42. The van der Waals surface area contributed by atoms with E-state index < -0.39 is 0 Å². The molecule has 1 N–H and O–H groups in total. The highest BCUT2D eigenvalue weighted by atomic mass is 32.1. The van der Waals surface area contributed by atoms with E-state index in [0.29, 0.717) is 16.5 Å². The average Bonchev–Trinajstić information content (AvgIpc) is 3.44. The molecular formula is C18H19N5O2S2. The van der Waals surface area contributed by atoms with E-state index in [4.69, 9.17) is 4.42 Å². The third-order valence-corrected chi connectivity index (χ3v) is 6.90. The second kappa shape index (κ2) is 6.75. The van der Waals surface area contributed by atoms with Crippen LogP contribution in [0.4, 0.5) is 0 Å². The van der Waals surface area contributed by atoms with Crippen LogP contribution in [0.25, 0.3) is 16.5 Å². The zero-order valence-electron chi connectivity index (χ0n) is 14.8. The maximum atomic E-state index is 11.0. The molecule has 1 fully saturated rings. The molecule has 0 bridgehead atoms. The van der Waals surface area contributed by atoms with Crippen LogP contribution in [0.5, 0.6) is 5.88 Å².